The summed E-state index contributed by atoms with van der Waals surface area (Å²) < 4.78 is 12.3. The van der Waals surface area contributed by atoms with E-state index >= 15 is 0 Å². The molecule has 0 aromatic carbocycles. The van der Waals surface area contributed by atoms with Crippen LogP contribution < -0.4 is 5.32 Å². The lowest BCUT2D eigenvalue weighted by Gasteiger charge is -2.35. The number of hydrogen-bond acceptors (Lipinski definition) is 5. The number of furan rings is 1. The van der Waals surface area contributed by atoms with Gasteiger partial charge in [0.2, 0.25) is 5.91 Å². The first-order valence-electron chi connectivity index (χ1n) is 11.4. The molecule has 0 saturated carbocycles. The number of amides is 1. The molecule has 1 aromatic rings. The molecule has 2 bridgehead atoms. The number of fused-ring (bicyclic) bond motifs is 1. The van der Waals surface area contributed by atoms with E-state index in [2.05, 4.69) is 35.0 Å². The quantitative estimate of drug-likeness (QED) is 0.794. The average molecular weight is 402 g/mol. The fourth-order valence-corrected chi connectivity index (χ4v) is 6.32. The molecule has 5 rings (SSSR count). The van der Waals surface area contributed by atoms with E-state index in [9.17, 15) is 4.79 Å². The Labute approximate surface area is 173 Å². The number of ether oxygens (including phenoxy) is 1. The normalized spacial score (nSPS) is 34.8. The Balaban J connectivity index is 1.22. The summed E-state index contributed by atoms with van der Waals surface area (Å²) in [6.07, 6.45) is 4.98. The maximum Gasteiger partial charge on any atom is 0.239 e. The highest BCUT2D eigenvalue weighted by molar-refractivity contribution is 5.85. The van der Waals surface area contributed by atoms with E-state index in [4.69, 9.17) is 9.15 Å². The van der Waals surface area contributed by atoms with Gasteiger partial charge < -0.3 is 14.5 Å². The Hall–Kier alpha value is -1.37. The highest BCUT2D eigenvalue weighted by atomic mass is 16.5. The van der Waals surface area contributed by atoms with Crippen LogP contribution in [0.25, 0.3) is 0 Å². The zero-order valence-corrected chi connectivity index (χ0v) is 18.1. The minimum absolute atomic E-state index is 0.00777. The summed E-state index contributed by atoms with van der Waals surface area (Å²) >= 11 is 0. The van der Waals surface area contributed by atoms with Crippen LogP contribution in [0.4, 0.5) is 0 Å². The van der Waals surface area contributed by atoms with Crippen molar-refractivity contribution in [2.75, 3.05) is 32.7 Å². The van der Waals surface area contributed by atoms with Crippen LogP contribution in [0.5, 0.6) is 0 Å². The van der Waals surface area contributed by atoms with Crippen molar-refractivity contribution in [2.24, 2.45) is 11.8 Å². The fourth-order valence-electron chi connectivity index (χ4n) is 6.32. The molecule has 1 amide bonds. The second-order valence-electron chi connectivity index (χ2n) is 10.2. The van der Waals surface area contributed by atoms with Crippen LogP contribution in [0.3, 0.4) is 0 Å². The topological polar surface area (TPSA) is 58.0 Å². The lowest BCUT2D eigenvalue weighted by atomic mass is 9.73. The van der Waals surface area contributed by atoms with Crippen molar-refractivity contribution in [3.05, 3.63) is 23.7 Å². The maximum absolute atomic E-state index is 13.0. The predicted molar refractivity (Wildman–Crippen MR) is 110 cm³/mol. The minimum atomic E-state index is -0.425. The molecule has 5 heterocycles. The minimum Gasteiger partial charge on any atom is -0.465 e. The van der Waals surface area contributed by atoms with Crippen LogP contribution in [0.2, 0.25) is 0 Å². The first-order chi connectivity index (χ1) is 13.9. The summed E-state index contributed by atoms with van der Waals surface area (Å²) in [6.45, 7) is 11.8. The molecule has 6 nitrogen and oxygen atoms in total. The molecule has 4 fully saturated rings. The van der Waals surface area contributed by atoms with E-state index < -0.39 is 5.54 Å². The van der Waals surface area contributed by atoms with Gasteiger partial charge in [0.05, 0.1) is 23.8 Å². The third-order valence-electron chi connectivity index (χ3n) is 7.98. The Kier molecular flexibility index (Phi) is 4.80. The molecule has 160 valence electrons. The van der Waals surface area contributed by atoms with Crippen molar-refractivity contribution < 1.29 is 13.9 Å². The Morgan fingerprint density at radius 3 is 2.83 bits per heavy atom. The molecule has 6 heteroatoms. The molecule has 1 aromatic heterocycles. The number of hydrogen-bond donors (Lipinski definition) is 1. The van der Waals surface area contributed by atoms with Crippen molar-refractivity contribution in [3.8, 4) is 0 Å². The van der Waals surface area contributed by atoms with Gasteiger partial charge in [-0.15, -0.1) is 0 Å². The summed E-state index contributed by atoms with van der Waals surface area (Å²) in [5, 5.41) is 3.31. The fraction of sp³-hybridized carbons (Fsp3) is 0.783. The lowest BCUT2D eigenvalue weighted by molar-refractivity contribution is -0.131. The van der Waals surface area contributed by atoms with E-state index in [0.29, 0.717) is 17.9 Å². The third-order valence-corrected chi connectivity index (χ3v) is 7.98. The van der Waals surface area contributed by atoms with Gasteiger partial charge in [0.25, 0.3) is 0 Å². The van der Waals surface area contributed by atoms with E-state index in [1.807, 2.05) is 13.0 Å². The van der Waals surface area contributed by atoms with E-state index in [1.165, 1.54) is 12.8 Å². The van der Waals surface area contributed by atoms with Gasteiger partial charge in [0.1, 0.15) is 11.5 Å². The number of rotatable bonds is 6. The smallest absolute Gasteiger partial charge is 0.239 e. The van der Waals surface area contributed by atoms with Crippen LogP contribution in [0.1, 0.15) is 51.1 Å². The molecule has 4 aliphatic heterocycles. The summed E-state index contributed by atoms with van der Waals surface area (Å²) in [7, 11) is 0. The molecule has 0 aliphatic carbocycles. The monoisotopic (exact) mass is 401 g/mol. The number of likely N-dealkylation sites (tertiary alicyclic amines) is 2. The largest absolute Gasteiger partial charge is 0.465 e. The predicted octanol–water partition coefficient (Wildman–Crippen LogP) is 2.56. The summed E-state index contributed by atoms with van der Waals surface area (Å²) in [5.41, 5.74) is -0.433. The number of nitrogens with one attached hydrogen (secondary N) is 1. The number of carbonyl (C=O) groups is 1. The van der Waals surface area contributed by atoms with E-state index in [1.54, 1.807) is 0 Å². The van der Waals surface area contributed by atoms with E-state index in [0.717, 1.165) is 63.6 Å². The van der Waals surface area contributed by atoms with Gasteiger partial charge in [0.15, 0.2) is 0 Å². The molecule has 29 heavy (non-hydrogen) atoms. The van der Waals surface area contributed by atoms with E-state index in [-0.39, 0.29) is 11.5 Å². The zero-order valence-electron chi connectivity index (χ0n) is 18.1. The van der Waals surface area contributed by atoms with Crippen LogP contribution in [0.15, 0.2) is 16.5 Å². The van der Waals surface area contributed by atoms with Gasteiger partial charge >= 0.3 is 0 Å². The molecule has 1 spiro atoms. The van der Waals surface area contributed by atoms with Crippen LogP contribution in [-0.2, 0) is 16.1 Å². The van der Waals surface area contributed by atoms with Gasteiger partial charge in [-0.1, -0.05) is 0 Å². The van der Waals surface area contributed by atoms with Crippen molar-refractivity contribution in [2.45, 2.75) is 70.2 Å². The maximum atomic E-state index is 13.0. The molecule has 4 aliphatic rings. The Bertz CT molecular complexity index is 769. The third kappa shape index (κ3) is 3.33. The molecule has 4 saturated heterocycles. The lowest BCUT2D eigenvalue weighted by Crippen LogP contribution is -2.55. The molecular weight excluding hydrogens is 366 g/mol. The highest BCUT2D eigenvalue weighted by Gasteiger charge is 2.62. The molecule has 0 radical (unpaired) electrons. The second-order valence-corrected chi connectivity index (χ2v) is 10.2. The second kappa shape index (κ2) is 7.10. The van der Waals surface area contributed by atoms with Crippen LogP contribution in [-0.4, -0.2) is 65.7 Å². The number of nitrogens with zero attached hydrogens (tertiary/aromatic N) is 2. The molecule has 0 unspecified atom stereocenters. The molecular formula is C23H35N3O3. The first kappa shape index (κ1) is 19.6. The standard InChI is InChI=1S/C23H35N3O3/c1-16-6-7-17(28-16)13-25-14-19-18(20-8-9-23(19,15-25)29-20)12-24-21(27)22(2,3)26-10-4-5-11-26/h6-7,18-20H,4-5,8-15H2,1-3H3,(H,24,27)/t18-,19+,20+,23+/m0/s1. The average Bonchev–Trinajstić information content (AvgIpc) is 3.47. The summed E-state index contributed by atoms with van der Waals surface area (Å²) in [4.78, 5) is 17.8. The Morgan fingerprint density at radius 1 is 1.31 bits per heavy atom. The van der Waals surface area contributed by atoms with Crippen molar-refractivity contribution in [1.82, 2.24) is 15.1 Å². The molecule has 1 N–H and O–H groups in total. The Morgan fingerprint density at radius 2 is 2.10 bits per heavy atom. The number of carbonyl (C=O) groups excluding carboxylic acids is 1. The van der Waals surface area contributed by atoms with Gasteiger partial charge in [-0.05, 0) is 71.7 Å². The molecule has 4 atom stereocenters. The van der Waals surface area contributed by atoms with Crippen molar-refractivity contribution >= 4 is 5.91 Å². The van der Waals surface area contributed by atoms with Crippen molar-refractivity contribution in [3.63, 3.8) is 0 Å². The SMILES string of the molecule is Cc1ccc(CN2C[C@@H]3[C@H](CNC(=O)C(C)(C)N4CCCC4)[C@H]4CC[C@]3(C2)O4)o1. The van der Waals surface area contributed by atoms with Crippen LogP contribution >= 0.6 is 0 Å². The van der Waals surface area contributed by atoms with Gasteiger partial charge in [-0.25, -0.2) is 0 Å². The number of aryl methyl sites for hydroxylation is 1. The van der Waals surface area contributed by atoms with Crippen molar-refractivity contribution in [1.29, 1.82) is 0 Å². The zero-order chi connectivity index (χ0) is 20.2. The van der Waals surface area contributed by atoms with Crippen LogP contribution in [0, 0.1) is 18.8 Å². The summed E-state index contributed by atoms with van der Waals surface area (Å²) in [6, 6.07) is 4.12. The highest BCUT2D eigenvalue weighted by Crippen LogP contribution is 2.54. The first-order valence-corrected chi connectivity index (χ1v) is 11.4. The van der Waals surface area contributed by atoms with Gasteiger partial charge in [0, 0.05) is 31.5 Å². The summed E-state index contributed by atoms with van der Waals surface area (Å²) in [5.74, 6) is 3.09. The van der Waals surface area contributed by atoms with Gasteiger partial charge in [-0.3, -0.25) is 14.6 Å². The van der Waals surface area contributed by atoms with Gasteiger partial charge in [-0.2, -0.15) is 0 Å².